The normalized spacial score (nSPS) is 10.8. The van der Waals surface area contributed by atoms with Crippen molar-refractivity contribution < 1.29 is 13.9 Å². The van der Waals surface area contributed by atoms with E-state index in [1.54, 1.807) is 24.3 Å². The molecule has 0 aliphatic heterocycles. The number of nitrogens with one attached hydrogen (secondary N) is 2. The number of H-pyrrole nitrogens is 2. The monoisotopic (exact) mass is 258 g/mol. The van der Waals surface area contributed by atoms with Gasteiger partial charge in [-0.3, -0.25) is 4.79 Å². The number of hydrogen-bond donors (Lipinski definition) is 2. The number of imidazole rings is 1. The van der Waals surface area contributed by atoms with Gasteiger partial charge in [-0.2, -0.15) is 0 Å². The summed E-state index contributed by atoms with van der Waals surface area (Å²) in [6, 6.07) is 6.69. The molecule has 6 nitrogen and oxygen atoms in total. The number of benzene rings is 1. The molecule has 6 heteroatoms. The first kappa shape index (κ1) is 11.3. The molecule has 2 N–H and O–H groups in total. The molecule has 3 aromatic rings. The standard InChI is InChI=1S/C13H10N2O4/c1-18-12-5-10-9(14-13(17)15-10)4-8(12)11-3-2-7(6-16)19-11/h2-6H,1H3,(H2,14,15,17). The van der Waals surface area contributed by atoms with Gasteiger partial charge >= 0.3 is 5.69 Å². The van der Waals surface area contributed by atoms with Gasteiger partial charge in [0.05, 0.1) is 23.7 Å². The molecule has 0 saturated carbocycles. The second kappa shape index (κ2) is 4.16. The predicted octanol–water partition coefficient (Wildman–Crippen LogP) is 1.94. The van der Waals surface area contributed by atoms with Crippen LogP contribution in [0.25, 0.3) is 22.4 Å². The van der Waals surface area contributed by atoms with Gasteiger partial charge in [-0.15, -0.1) is 0 Å². The van der Waals surface area contributed by atoms with Crippen LogP contribution >= 0.6 is 0 Å². The van der Waals surface area contributed by atoms with Crippen molar-refractivity contribution in [1.29, 1.82) is 0 Å². The van der Waals surface area contributed by atoms with Crippen molar-refractivity contribution >= 4 is 17.3 Å². The SMILES string of the molecule is COc1cc2[nH]c(=O)[nH]c2cc1-c1ccc(C=O)o1. The number of furan rings is 1. The van der Waals surface area contributed by atoms with Crippen molar-refractivity contribution in [2.45, 2.75) is 0 Å². The third kappa shape index (κ3) is 1.83. The Hall–Kier alpha value is -2.76. The second-order valence-electron chi connectivity index (χ2n) is 4.00. The van der Waals surface area contributed by atoms with E-state index in [0.29, 0.717) is 34.4 Å². The Bertz CT molecular complexity index is 810. The Morgan fingerprint density at radius 2 is 1.95 bits per heavy atom. The molecule has 0 fully saturated rings. The molecule has 0 unspecified atom stereocenters. The molecule has 3 rings (SSSR count). The lowest BCUT2D eigenvalue weighted by Crippen LogP contribution is -1.99. The van der Waals surface area contributed by atoms with Crippen molar-refractivity contribution in [3.63, 3.8) is 0 Å². The van der Waals surface area contributed by atoms with Gasteiger partial charge in [0.2, 0.25) is 0 Å². The number of aldehydes is 1. The van der Waals surface area contributed by atoms with Gasteiger partial charge in [0.15, 0.2) is 12.0 Å². The molecule has 0 spiro atoms. The first-order valence-electron chi connectivity index (χ1n) is 5.56. The molecule has 0 saturated heterocycles. The number of aromatic nitrogens is 2. The van der Waals surface area contributed by atoms with E-state index in [0.717, 1.165) is 0 Å². The lowest BCUT2D eigenvalue weighted by atomic mass is 10.1. The van der Waals surface area contributed by atoms with E-state index >= 15 is 0 Å². The summed E-state index contributed by atoms with van der Waals surface area (Å²) in [4.78, 5) is 27.2. The molecule has 96 valence electrons. The summed E-state index contributed by atoms with van der Waals surface area (Å²) in [6.07, 6.45) is 0.632. The molecule has 19 heavy (non-hydrogen) atoms. The quantitative estimate of drug-likeness (QED) is 0.702. The molecule has 2 heterocycles. The van der Waals surface area contributed by atoms with Gasteiger partial charge in [-0.05, 0) is 18.2 Å². The predicted molar refractivity (Wildman–Crippen MR) is 68.6 cm³/mol. The molecule has 0 aliphatic carbocycles. The van der Waals surface area contributed by atoms with Gasteiger partial charge in [0.1, 0.15) is 11.5 Å². The fraction of sp³-hybridized carbons (Fsp3) is 0.0769. The zero-order valence-corrected chi connectivity index (χ0v) is 10.0. The molecule has 0 bridgehead atoms. The fourth-order valence-electron chi connectivity index (χ4n) is 1.98. The van der Waals surface area contributed by atoms with E-state index < -0.39 is 0 Å². The van der Waals surface area contributed by atoms with Crippen LogP contribution in [0.15, 0.2) is 33.5 Å². The summed E-state index contributed by atoms with van der Waals surface area (Å²) >= 11 is 0. The minimum absolute atomic E-state index is 0.236. The Morgan fingerprint density at radius 1 is 1.21 bits per heavy atom. The molecule has 1 aromatic carbocycles. The Kier molecular flexibility index (Phi) is 2.49. The van der Waals surface area contributed by atoms with E-state index in [1.807, 2.05) is 0 Å². The highest BCUT2D eigenvalue weighted by Crippen LogP contribution is 2.33. The highest BCUT2D eigenvalue weighted by atomic mass is 16.5. The van der Waals surface area contributed by atoms with Crippen LogP contribution in [0.5, 0.6) is 5.75 Å². The summed E-state index contributed by atoms with van der Waals surface area (Å²) in [5.74, 6) is 1.29. The average Bonchev–Trinajstić information content (AvgIpc) is 3.01. The molecule has 2 aromatic heterocycles. The minimum atomic E-state index is -0.290. The summed E-state index contributed by atoms with van der Waals surface area (Å²) in [7, 11) is 1.53. The van der Waals surface area contributed by atoms with E-state index in [2.05, 4.69) is 9.97 Å². The number of ether oxygens (including phenoxy) is 1. The summed E-state index contributed by atoms with van der Waals surface area (Å²) < 4.78 is 10.6. The number of hydrogen-bond acceptors (Lipinski definition) is 4. The Balaban J connectivity index is 2.25. The lowest BCUT2D eigenvalue weighted by Gasteiger charge is -2.06. The van der Waals surface area contributed by atoms with Crippen molar-refractivity contribution in [3.05, 3.63) is 40.5 Å². The Morgan fingerprint density at radius 3 is 2.58 bits per heavy atom. The average molecular weight is 258 g/mol. The van der Waals surface area contributed by atoms with Gasteiger partial charge in [0.25, 0.3) is 0 Å². The number of carbonyl (C=O) groups is 1. The topological polar surface area (TPSA) is 88.1 Å². The smallest absolute Gasteiger partial charge is 0.323 e. The largest absolute Gasteiger partial charge is 0.496 e. The fourth-order valence-corrected chi connectivity index (χ4v) is 1.98. The van der Waals surface area contributed by atoms with Crippen LogP contribution in [-0.2, 0) is 0 Å². The van der Waals surface area contributed by atoms with Crippen molar-refractivity contribution in [3.8, 4) is 17.1 Å². The Labute approximate surface area is 107 Å². The highest BCUT2D eigenvalue weighted by Gasteiger charge is 2.13. The number of rotatable bonds is 3. The highest BCUT2D eigenvalue weighted by molar-refractivity contribution is 5.85. The van der Waals surface area contributed by atoms with Crippen molar-refractivity contribution in [2.24, 2.45) is 0 Å². The third-order valence-corrected chi connectivity index (χ3v) is 2.84. The second-order valence-corrected chi connectivity index (χ2v) is 4.00. The van der Waals surface area contributed by atoms with Crippen molar-refractivity contribution in [2.75, 3.05) is 7.11 Å². The first-order chi connectivity index (χ1) is 9.21. The molecule has 0 amide bonds. The van der Waals surface area contributed by atoms with E-state index in [-0.39, 0.29) is 11.4 Å². The van der Waals surface area contributed by atoms with Crippen LogP contribution in [0.4, 0.5) is 0 Å². The van der Waals surface area contributed by atoms with Gasteiger partial charge in [0, 0.05) is 6.07 Å². The number of carbonyl (C=O) groups excluding carboxylic acids is 1. The zero-order chi connectivity index (χ0) is 13.4. The van der Waals surface area contributed by atoms with Crippen LogP contribution in [-0.4, -0.2) is 23.4 Å². The number of aromatic amines is 2. The van der Waals surface area contributed by atoms with Gasteiger partial charge < -0.3 is 19.1 Å². The van der Waals surface area contributed by atoms with Crippen LogP contribution in [0, 0.1) is 0 Å². The molecule has 0 aliphatic rings. The summed E-state index contributed by atoms with van der Waals surface area (Å²) in [5.41, 5.74) is 1.66. The minimum Gasteiger partial charge on any atom is -0.496 e. The van der Waals surface area contributed by atoms with E-state index in [1.165, 1.54) is 7.11 Å². The summed E-state index contributed by atoms with van der Waals surface area (Å²) in [6.45, 7) is 0. The molecule has 0 radical (unpaired) electrons. The van der Waals surface area contributed by atoms with Gasteiger partial charge in [-0.25, -0.2) is 4.79 Å². The number of methoxy groups -OCH3 is 1. The van der Waals surface area contributed by atoms with E-state index in [4.69, 9.17) is 9.15 Å². The maximum atomic E-state index is 11.3. The maximum Gasteiger partial charge on any atom is 0.323 e. The van der Waals surface area contributed by atoms with Crippen molar-refractivity contribution in [1.82, 2.24) is 9.97 Å². The number of fused-ring (bicyclic) bond motifs is 1. The van der Waals surface area contributed by atoms with Crippen LogP contribution in [0.3, 0.4) is 0 Å². The van der Waals surface area contributed by atoms with Crippen LogP contribution in [0.1, 0.15) is 10.6 Å². The molecular formula is C13H10N2O4. The zero-order valence-electron chi connectivity index (χ0n) is 10.0. The van der Waals surface area contributed by atoms with Crippen LogP contribution in [0.2, 0.25) is 0 Å². The third-order valence-electron chi connectivity index (χ3n) is 2.84. The van der Waals surface area contributed by atoms with E-state index in [9.17, 15) is 9.59 Å². The molecular weight excluding hydrogens is 248 g/mol. The summed E-state index contributed by atoms with van der Waals surface area (Å²) in [5, 5.41) is 0. The molecule has 0 atom stereocenters. The van der Waals surface area contributed by atoms with Gasteiger partial charge in [-0.1, -0.05) is 0 Å². The first-order valence-corrected chi connectivity index (χ1v) is 5.56. The maximum absolute atomic E-state index is 11.3. The van der Waals surface area contributed by atoms with Crippen LogP contribution < -0.4 is 10.4 Å². The lowest BCUT2D eigenvalue weighted by molar-refractivity contribution is 0.110.